The van der Waals surface area contributed by atoms with E-state index in [0.717, 1.165) is 17.0 Å². The van der Waals surface area contributed by atoms with Gasteiger partial charge in [-0.15, -0.1) is 0 Å². The minimum atomic E-state index is 0.00799. The van der Waals surface area contributed by atoms with E-state index in [-0.39, 0.29) is 5.41 Å². The van der Waals surface area contributed by atoms with Crippen molar-refractivity contribution in [3.63, 3.8) is 0 Å². The lowest BCUT2D eigenvalue weighted by atomic mass is 9.85. The molecule has 2 aromatic rings. The highest BCUT2D eigenvalue weighted by atomic mass is 16.5. The smallest absolute Gasteiger partial charge is 0.223 e. The van der Waals surface area contributed by atoms with Gasteiger partial charge >= 0.3 is 0 Å². The highest BCUT2D eigenvalue weighted by Gasteiger charge is 2.20. The first-order valence-corrected chi connectivity index (χ1v) is 7.27. The fourth-order valence-electron chi connectivity index (χ4n) is 2.23. The number of aryl methyl sites for hydroxylation is 2. The number of aromatic nitrogens is 1. The van der Waals surface area contributed by atoms with Crippen LogP contribution in [0.5, 0.6) is 11.6 Å². The molecule has 3 heteroatoms. The van der Waals surface area contributed by atoms with Crippen LogP contribution in [-0.4, -0.2) is 4.98 Å². The van der Waals surface area contributed by atoms with Gasteiger partial charge in [0.25, 0.3) is 0 Å². The quantitative estimate of drug-likeness (QED) is 0.916. The predicted molar refractivity (Wildman–Crippen MR) is 86.8 cm³/mol. The molecule has 1 aromatic heterocycles. The lowest BCUT2D eigenvalue weighted by molar-refractivity contribution is 0.433. The Bertz CT molecular complexity index is 642. The van der Waals surface area contributed by atoms with Crippen LogP contribution in [0.1, 0.15) is 43.2 Å². The van der Waals surface area contributed by atoms with Crippen LogP contribution in [0.25, 0.3) is 0 Å². The van der Waals surface area contributed by atoms with E-state index in [2.05, 4.69) is 44.8 Å². The van der Waals surface area contributed by atoms with Crippen molar-refractivity contribution in [2.45, 2.75) is 46.6 Å². The summed E-state index contributed by atoms with van der Waals surface area (Å²) in [6.45, 7) is 11.0. The topological polar surface area (TPSA) is 48.1 Å². The third-order valence-electron chi connectivity index (χ3n) is 3.45. The van der Waals surface area contributed by atoms with Gasteiger partial charge in [0.15, 0.2) is 0 Å². The van der Waals surface area contributed by atoms with E-state index in [1.165, 1.54) is 11.1 Å². The van der Waals surface area contributed by atoms with Crippen LogP contribution in [0.4, 0.5) is 0 Å². The van der Waals surface area contributed by atoms with Gasteiger partial charge < -0.3 is 10.5 Å². The molecule has 1 heterocycles. The zero-order chi connectivity index (χ0) is 15.6. The van der Waals surface area contributed by atoms with Gasteiger partial charge in [0.05, 0.1) is 0 Å². The van der Waals surface area contributed by atoms with Crippen molar-refractivity contribution >= 4 is 0 Å². The average Bonchev–Trinajstić information content (AvgIpc) is 2.40. The van der Waals surface area contributed by atoms with Crippen LogP contribution in [0, 0.1) is 13.8 Å². The van der Waals surface area contributed by atoms with Crippen molar-refractivity contribution in [3.05, 3.63) is 52.7 Å². The largest absolute Gasteiger partial charge is 0.438 e. The number of ether oxygens (including phenoxy) is 1. The first-order chi connectivity index (χ1) is 9.81. The van der Waals surface area contributed by atoms with Crippen LogP contribution in [0.15, 0.2) is 30.3 Å². The van der Waals surface area contributed by atoms with Crippen molar-refractivity contribution in [2.75, 3.05) is 0 Å². The van der Waals surface area contributed by atoms with Crippen LogP contribution in [0.3, 0.4) is 0 Å². The van der Waals surface area contributed by atoms with Crippen molar-refractivity contribution in [1.82, 2.24) is 4.98 Å². The van der Waals surface area contributed by atoms with E-state index in [1.54, 1.807) is 0 Å². The highest BCUT2D eigenvalue weighted by Crippen LogP contribution is 2.35. The number of nitrogens with zero attached hydrogens (tertiary/aromatic N) is 1. The molecule has 0 atom stereocenters. The van der Waals surface area contributed by atoms with Crippen molar-refractivity contribution < 1.29 is 4.74 Å². The molecule has 0 aliphatic rings. The van der Waals surface area contributed by atoms with Gasteiger partial charge in [0.1, 0.15) is 5.75 Å². The molecule has 21 heavy (non-hydrogen) atoms. The molecule has 0 bridgehead atoms. The van der Waals surface area contributed by atoms with Crippen LogP contribution in [-0.2, 0) is 12.0 Å². The third kappa shape index (κ3) is 3.61. The van der Waals surface area contributed by atoms with Gasteiger partial charge in [-0.1, -0.05) is 44.5 Å². The molecule has 0 spiro atoms. The van der Waals surface area contributed by atoms with Gasteiger partial charge in [-0.25, -0.2) is 4.98 Å². The molecule has 0 aliphatic carbocycles. The molecule has 0 saturated carbocycles. The Kier molecular flexibility index (Phi) is 4.33. The first-order valence-electron chi connectivity index (χ1n) is 7.27. The summed E-state index contributed by atoms with van der Waals surface area (Å²) in [4.78, 5) is 4.48. The van der Waals surface area contributed by atoms with Crippen LogP contribution >= 0.6 is 0 Å². The molecule has 0 amide bonds. The fraction of sp³-hybridized carbons (Fsp3) is 0.389. The Morgan fingerprint density at radius 2 is 1.81 bits per heavy atom. The molecule has 112 valence electrons. The summed E-state index contributed by atoms with van der Waals surface area (Å²) in [6.07, 6.45) is 0. The lowest BCUT2D eigenvalue weighted by Crippen LogP contribution is -2.13. The Balaban J connectivity index is 2.47. The number of rotatable bonds is 3. The van der Waals surface area contributed by atoms with E-state index in [9.17, 15) is 0 Å². The predicted octanol–water partition coefficient (Wildman–Crippen LogP) is 4.25. The van der Waals surface area contributed by atoms with Gasteiger partial charge in [-0.05, 0) is 31.4 Å². The number of nitrogens with two attached hydrogens (primary N) is 1. The van der Waals surface area contributed by atoms with E-state index >= 15 is 0 Å². The summed E-state index contributed by atoms with van der Waals surface area (Å²) in [5.74, 6) is 1.45. The van der Waals surface area contributed by atoms with Crippen molar-refractivity contribution in [3.8, 4) is 11.6 Å². The molecule has 0 unspecified atom stereocenters. The second-order valence-electron chi connectivity index (χ2n) is 6.47. The van der Waals surface area contributed by atoms with E-state index in [4.69, 9.17) is 10.5 Å². The first kappa shape index (κ1) is 15.5. The number of hydrogen-bond donors (Lipinski definition) is 1. The molecule has 3 nitrogen and oxygen atoms in total. The molecule has 0 saturated heterocycles. The zero-order valence-corrected chi connectivity index (χ0v) is 13.5. The molecule has 0 radical (unpaired) electrons. The summed E-state index contributed by atoms with van der Waals surface area (Å²) in [6, 6.07) is 10.2. The zero-order valence-electron chi connectivity index (χ0n) is 13.5. The van der Waals surface area contributed by atoms with Gasteiger partial charge in [-0.3, -0.25) is 0 Å². The number of pyridine rings is 1. The Labute approximate surface area is 127 Å². The van der Waals surface area contributed by atoms with E-state index < -0.39 is 0 Å². The van der Waals surface area contributed by atoms with Crippen molar-refractivity contribution in [1.29, 1.82) is 0 Å². The maximum Gasteiger partial charge on any atom is 0.223 e. The molecule has 0 fully saturated rings. The fourth-order valence-corrected chi connectivity index (χ4v) is 2.23. The molecule has 2 N–H and O–H groups in total. The Morgan fingerprint density at radius 3 is 2.43 bits per heavy atom. The number of benzene rings is 1. The summed E-state index contributed by atoms with van der Waals surface area (Å²) in [5.41, 5.74) is 10.0. The van der Waals surface area contributed by atoms with E-state index in [0.29, 0.717) is 12.4 Å². The minimum absolute atomic E-state index is 0.00799. The maximum atomic E-state index is 6.10. The van der Waals surface area contributed by atoms with Crippen LogP contribution in [0.2, 0.25) is 0 Å². The Morgan fingerprint density at radius 1 is 1.10 bits per heavy atom. The maximum absolute atomic E-state index is 6.10. The summed E-state index contributed by atoms with van der Waals surface area (Å²) >= 11 is 0. The molecule has 2 rings (SSSR count). The average molecular weight is 284 g/mol. The normalized spacial score (nSPS) is 11.5. The van der Waals surface area contributed by atoms with E-state index in [1.807, 2.05) is 25.1 Å². The third-order valence-corrected chi connectivity index (χ3v) is 3.45. The minimum Gasteiger partial charge on any atom is -0.438 e. The highest BCUT2D eigenvalue weighted by molar-refractivity contribution is 5.44. The van der Waals surface area contributed by atoms with Gasteiger partial charge in [0, 0.05) is 23.4 Å². The summed E-state index contributed by atoms with van der Waals surface area (Å²) in [7, 11) is 0. The molecule has 0 aliphatic heterocycles. The lowest BCUT2D eigenvalue weighted by Gasteiger charge is -2.23. The molecular weight excluding hydrogens is 260 g/mol. The van der Waals surface area contributed by atoms with Crippen molar-refractivity contribution in [2.24, 2.45) is 5.73 Å². The standard InChI is InChI=1S/C18H24N2O/c1-12-6-9-16(15(10-12)18(3,4)5)21-17-14(11-19)8-7-13(2)20-17/h6-10H,11,19H2,1-5H3. The van der Waals surface area contributed by atoms with Gasteiger partial charge in [0.2, 0.25) is 5.88 Å². The second kappa shape index (κ2) is 5.86. The molecular formula is C18H24N2O. The van der Waals surface area contributed by atoms with Gasteiger partial charge in [-0.2, -0.15) is 0 Å². The monoisotopic (exact) mass is 284 g/mol. The second-order valence-corrected chi connectivity index (χ2v) is 6.47. The van der Waals surface area contributed by atoms with Crippen LogP contribution < -0.4 is 10.5 Å². The number of hydrogen-bond acceptors (Lipinski definition) is 3. The SMILES string of the molecule is Cc1ccc(Oc2nc(C)ccc2CN)c(C(C)(C)C)c1. The Hall–Kier alpha value is -1.87. The summed E-state index contributed by atoms with van der Waals surface area (Å²) < 4.78 is 6.10. The summed E-state index contributed by atoms with van der Waals surface area (Å²) in [5, 5.41) is 0. The molecule has 1 aromatic carbocycles.